The normalized spacial score (nSPS) is 14.5. The maximum Gasteiger partial charge on any atom is 0.260 e. The van der Waals surface area contributed by atoms with Crippen LogP contribution in [-0.2, 0) is 11.2 Å². The summed E-state index contributed by atoms with van der Waals surface area (Å²) in [7, 11) is 0. The fourth-order valence-corrected chi connectivity index (χ4v) is 2.72. The molecule has 0 aliphatic heterocycles. The van der Waals surface area contributed by atoms with Crippen molar-refractivity contribution in [1.29, 1.82) is 0 Å². The third kappa shape index (κ3) is 4.49. The lowest BCUT2D eigenvalue weighted by molar-refractivity contribution is -0.121. The van der Waals surface area contributed by atoms with Crippen LogP contribution in [0.25, 0.3) is 0 Å². The van der Waals surface area contributed by atoms with Gasteiger partial charge in [0.15, 0.2) is 0 Å². The van der Waals surface area contributed by atoms with Crippen molar-refractivity contribution in [1.82, 2.24) is 20.6 Å². The van der Waals surface area contributed by atoms with Crippen LogP contribution in [0, 0.1) is 6.92 Å². The average Bonchev–Trinajstić information content (AvgIpc) is 3.34. The Hall–Kier alpha value is -2.67. The molecule has 1 aliphatic rings. The fourth-order valence-electron chi connectivity index (χ4n) is 2.61. The van der Waals surface area contributed by atoms with Gasteiger partial charge in [0.2, 0.25) is 5.91 Å². The van der Waals surface area contributed by atoms with Crippen LogP contribution in [0.5, 0.6) is 0 Å². The number of pyridine rings is 2. The van der Waals surface area contributed by atoms with Gasteiger partial charge >= 0.3 is 0 Å². The van der Waals surface area contributed by atoms with Crippen molar-refractivity contribution in [2.24, 2.45) is 0 Å². The highest BCUT2D eigenvalue weighted by Gasteiger charge is 2.44. The Morgan fingerprint density at radius 3 is 2.65 bits per heavy atom. The zero-order valence-electron chi connectivity index (χ0n) is 14.3. The van der Waals surface area contributed by atoms with Gasteiger partial charge in [0.05, 0.1) is 17.0 Å². The molecule has 0 unspecified atom stereocenters. The van der Waals surface area contributed by atoms with E-state index in [1.165, 1.54) is 12.3 Å². The van der Waals surface area contributed by atoms with E-state index < -0.39 is 17.0 Å². The summed E-state index contributed by atoms with van der Waals surface area (Å²) in [6, 6.07) is 6.55. The lowest BCUT2D eigenvalue weighted by atomic mass is 10.2. The molecule has 1 fully saturated rings. The molecule has 0 radical (unpaired) electrons. The SMILES string of the molecule is Cc1ccc(C(=O)NCC2(NC(=O)Cc3ccc(Cl)cn3)CC2)c(=O)[nH]1. The number of aromatic nitrogens is 2. The summed E-state index contributed by atoms with van der Waals surface area (Å²) in [5.41, 5.74) is 0.496. The molecule has 2 aromatic rings. The van der Waals surface area contributed by atoms with Crippen molar-refractivity contribution >= 4 is 23.4 Å². The Bertz CT molecular complexity index is 888. The van der Waals surface area contributed by atoms with Crippen LogP contribution in [0.15, 0.2) is 35.3 Å². The first-order chi connectivity index (χ1) is 12.4. The molecule has 3 N–H and O–H groups in total. The Kier molecular flexibility index (Phi) is 5.08. The summed E-state index contributed by atoms with van der Waals surface area (Å²) in [5, 5.41) is 6.20. The van der Waals surface area contributed by atoms with E-state index in [9.17, 15) is 14.4 Å². The number of nitrogens with zero attached hydrogens (tertiary/aromatic N) is 1. The molecule has 26 heavy (non-hydrogen) atoms. The first-order valence-corrected chi connectivity index (χ1v) is 8.64. The molecule has 0 saturated heterocycles. The molecule has 0 spiro atoms. The van der Waals surface area contributed by atoms with E-state index in [1.807, 2.05) is 0 Å². The van der Waals surface area contributed by atoms with Gasteiger partial charge in [-0.05, 0) is 44.0 Å². The van der Waals surface area contributed by atoms with Gasteiger partial charge in [0, 0.05) is 24.1 Å². The number of aryl methyl sites for hydroxylation is 1. The van der Waals surface area contributed by atoms with Crippen LogP contribution < -0.4 is 16.2 Å². The fraction of sp³-hybridized carbons (Fsp3) is 0.333. The minimum Gasteiger partial charge on any atom is -0.350 e. The maximum absolute atomic E-state index is 12.2. The summed E-state index contributed by atoms with van der Waals surface area (Å²) < 4.78 is 0. The largest absolute Gasteiger partial charge is 0.350 e. The van der Waals surface area contributed by atoms with Gasteiger partial charge in [-0.15, -0.1) is 0 Å². The molecule has 136 valence electrons. The highest BCUT2D eigenvalue weighted by Crippen LogP contribution is 2.34. The van der Waals surface area contributed by atoms with E-state index in [0.717, 1.165) is 12.8 Å². The van der Waals surface area contributed by atoms with Crippen molar-refractivity contribution in [3.05, 3.63) is 62.8 Å². The van der Waals surface area contributed by atoms with Gasteiger partial charge in [0.1, 0.15) is 5.56 Å². The van der Waals surface area contributed by atoms with E-state index in [-0.39, 0.29) is 24.4 Å². The first-order valence-electron chi connectivity index (χ1n) is 8.26. The number of nitrogens with one attached hydrogen (secondary N) is 3. The van der Waals surface area contributed by atoms with Gasteiger partial charge in [-0.2, -0.15) is 0 Å². The van der Waals surface area contributed by atoms with Gasteiger partial charge in [0.25, 0.3) is 11.5 Å². The molecular formula is C18H19ClN4O3. The molecule has 1 saturated carbocycles. The standard InChI is InChI=1S/C18H19ClN4O3/c1-11-2-5-14(17(26)22-11)16(25)21-10-18(6-7-18)23-15(24)8-13-4-3-12(19)9-20-13/h2-5,9H,6-8,10H2,1H3,(H,21,25)(H,22,26)(H,23,24). The quantitative estimate of drug-likeness (QED) is 0.710. The summed E-state index contributed by atoms with van der Waals surface area (Å²) in [6.45, 7) is 2.02. The minimum absolute atomic E-state index is 0.0584. The summed E-state index contributed by atoms with van der Waals surface area (Å²) in [5.74, 6) is -0.620. The molecule has 1 aliphatic carbocycles. The van der Waals surface area contributed by atoms with Crippen molar-refractivity contribution in [3.8, 4) is 0 Å². The highest BCUT2D eigenvalue weighted by atomic mass is 35.5. The average molecular weight is 375 g/mol. The van der Waals surface area contributed by atoms with Crippen molar-refractivity contribution < 1.29 is 9.59 Å². The number of rotatable bonds is 6. The van der Waals surface area contributed by atoms with Gasteiger partial charge in [-0.25, -0.2) is 0 Å². The van der Waals surface area contributed by atoms with Gasteiger partial charge in [-0.3, -0.25) is 19.4 Å². The summed E-state index contributed by atoms with van der Waals surface area (Å²) in [4.78, 5) is 42.9. The molecule has 7 nitrogen and oxygen atoms in total. The van der Waals surface area contributed by atoms with E-state index in [2.05, 4.69) is 20.6 Å². The van der Waals surface area contributed by atoms with Crippen LogP contribution in [0.4, 0.5) is 0 Å². The Morgan fingerprint density at radius 2 is 2.04 bits per heavy atom. The summed E-state index contributed by atoms with van der Waals surface area (Å²) >= 11 is 5.78. The molecule has 0 atom stereocenters. The van der Waals surface area contributed by atoms with Crippen LogP contribution in [0.3, 0.4) is 0 Å². The topological polar surface area (TPSA) is 104 Å². The second-order valence-corrected chi connectivity index (χ2v) is 6.98. The van der Waals surface area contributed by atoms with E-state index in [1.54, 1.807) is 25.1 Å². The Balaban J connectivity index is 1.54. The van der Waals surface area contributed by atoms with Crippen LogP contribution in [0.2, 0.25) is 5.02 Å². The van der Waals surface area contributed by atoms with Crippen molar-refractivity contribution in [3.63, 3.8) is 0 Å². The molecule has 8 heteroatoms. The molecule has 2 heterocycles. The number of carbonyl (C=O) groups is 2. The van der Waals surface area contributed by atoms with Crippen molar-refractivity contribution in [2.45, 2.75) is 31.7 Å². The minimum atomic E-state index is -0.453. The second-order valence-electron chi connectivity index (χ2n) is 6.54. The number of aromatic amines is 1. The molecule has 0 bridgehead atoms. The summed E-state index contributed by atoms with van der Waals surface area (Å²) in [6.07, 6.45) is 3.19. The molecule has 0 aromatic carbocycles. The number of H-pyrrole nitrogens is 1. The van der Waals surface area contributed by atoms with Crippen molar-refractivity contribution in [2.75, 3.05) is 6.54 Å². The zero-order valence-corrected chi connectivity index (χ0v) is 15.0. The second kappa shape index (κ2) is 7.29. The molecule has 3 rings (SSSR count). The zero-order chi connectivity index (χ0) is 18.7. The van der Waals surface area contributed by atoms with Gasteiger partial charge < -0.3 is 15.6 Å². The molecular weight excluding hydrogens is 356 g/mol. The Morgan fingerprint density at radius 1 is 1.27 bits per heavy atom. The van der Waals surface area contributed by atoms with Crippen LogP contribution in [0.1, 0.15) is 34.6 Å². The number of hydrogen-bond donors (Lipinski definition) is 3. The van der Waals surface area contributed by atoms with Gasteiger partial charge in [-0.1, -0.05) is 11.6 Å². The lowest BCUT2D eigenvalue weighted by Gasteiger charge is -2.18. The smallest absolute Gasteiger partial charge is 0.260 e. The monoisotopic (exact) mass is 374 g/mol. The van der Waals surface area contributed by atoms with E-state index in [4.69, 9.17) is 11.6 Å². The van der Waals surface area contributed by atoms with E-state index in [0.29, 0.717) is 16.4 Å². The number of carbonyl (C=O) groups excluding carboxylic acids is 2. The number of hydrogen-bond acceptors (Lipinski definition) is 4. The maximum atomic E-state index is 12.2. The van der Waals surface area contributed by atoms with Crippen LogP contribution >= 0.6 is 11.6 Å². The molecule has 2 aromatic heterocycles. The number of amides is 2. The van der Waals surface area contributed by atoms with Crippen LogP contribution in [-0.4, -0.2) is 33.9 Å². The third-order valence-corrected chi connectivity index (χ3v) is 4.50. The number of halogens is 1. The predicted octanol–water partition coefficient (Wildman–Crippen LogP) is 1.35. The Labute approximate surface area is 155 Å². The lowest BCUT2D eigenvalue weighted by Crippen LogP contribution is -2.46. The third-order valence-electron chi connectivity index (χ3n) is 4.28. The first kappa shape index (κ1) is 18.1. The highest BCUT2D eigenvalue weighted by molar-refractivity contribution is 6.30. The predicted molar refractivity (Wildman–Crippen MR) is 97.2 cm³/mol. The van der Waals surface area contributed by atoms with E-state index >= 15 is 0 Å². The molecule has 2 amide bonds.